The van der Waals surface area contributed by atoms with E-state index in [1.54, 1.807) is 76.9 Å². The van der Waals surface area contributed by atoms with Crippen LogP contribution in [-0.2, 0) is 18.9 Å². The van der Waals surface area contributed by atoms with Gasteiger partial charge >= 0.3 is 23.5 Å². The van der Waals surface area contributed by atoms with Crippen molar-refractivity contribution in [1.82, 2.24) is 19.9 Å². The molecule has 5 heterocycles. The van der Waals surface area contributed by atoms with Crippen LogP contribution in [0.2, 0.25) is 0 Å². The van der Waals surface area contributed by atoms with E-state index < -0.39 is 35.0 Å². The Kier molecular flexibility index (Phi) is 31.9. The third-order valence-electron chi connectivity index (χ3n) is 8.55. The molecule has 6 N–H and O–H groups in total. The minimum atomic E-state index is -1.30. The number of aliphatic hydroxyl groups is 1. The number of aromatic nitrogens is 4. The number of halogens is 1. The first-order valence-electron chi connectivity index (χ1n) is 20.6. The Morgan fingerprint density at radius 1 is 0.686 bits per heavy atom. The molecule has 6 aromatic rings. The number of aryl methyl sites for hydroxylation is 2. The van der Waals surface area contributed by atoms with Gasteiger partial charge in [-0.1, -0.05) is 39.1 Å². The van der Waals surface area contributed by atoms with Crippen molar-refractivity contribution in [2.75, 3.05) is 79.9 Å². The zero-order valence-corrected chi connectivity index (χ0v) is 38.3. The number of aliphatic hydroxyl groups excluding tert-OH is 1. The number of hydrogen-bond donors (Lipinski definition) is 5. The van der Waals surface area contributed by atoms with Gasteiger partial charge in [0.2, 0.25) is 23.6 Å². The third-order valence-corrected chi connectivity index (χ3v) is 8.55. The van der Waals surface area contributed by atoms with Crippen LogP contribution in [0.3, 0.4) is 0 Å². The lowest BCUT2D eigenvalue weighted by molar-refractivity contribution is 0.0678. The number of fused-ring (bicyclic) bond motifs is 1. The van der Waals surface area contributed by atoms with Gasteiger partial charge in [-0.2, -0.15) is 4.39 Å². The lowest BCUT2D eigenvalue weighted by Gasteiger charge is -2.09. The number of benzene rings is 2. The molecule has 0 aliphatic carbocycles. The first kappa shape index (κ1) is 62.6. The van der Waals surface area contributed by atoms with Crippen molar-refractivity contribution in [2.45, 2.75) is 41.5 Å². The summed E-state index contributed by atoms with van der Waals surface area (Å²) in [7, 11) is 4.69. The van der Waals surface area contributed by atoms with Gasteiger partial charge in [0, 0.05) is 60.2 Å². The van der Waals surface area contributed by atoms with Gasteiger partial charge in [-0.15, -0.1) is 0 Å². The summed E-state index contributed by atoms with van der Waals surface area (Å²) in [6.07, 6.45) is 6.84. The molecule has 0 bridgehead atoms. The summed E-state index contributed by atoms with van der Waals surface area (Å²) in [5.41, 5.74) is 7.84. The number of rotatable bonds is 14. The molecule has 4 aromatic heterocycles. The Balaban J connectivity index is 0. The van der Waals surface area contributed by atoms with Crippen LogP contribution < -0.4 is 20.8 Å². The molecule has 1 saturated heterocycles. The molecule has 0 spiro atoms. The Morgan fingerprint density at radius 2 is 1.21 bits per heavy atom. The quantitative estimate of drug-likeness (QED) is 0.0400. The van der Waals surface area contributed by atoms with Crippen LogP contribution >= 0.6 is 0 Å². The maximum Gasteiger partial charge on any atom is 0.347 e. The number of pyridine rings is 3. The number of carboxylic acids is 3. The van der Waals surface area contributed by atoms with Gasteiger partial charge in [-0.05, 0) is 86.3 Å². The topological polar surface area (TPSA) is 295 Å². The highest BCUT2D eigenvalue weighted by Crippen LogP contribution is 2.27. The van der Waals surface area contributed by atoms with Gasteiger partial charge in [0.15, 0.2) is 0 Å². The smallest absolute Gasteiger partial charge is 0.347 e. The van der Waals surface area contributed by atoms with Crippen LogP contribution in [0.15, 0.2) is 101 Å². The van der Waals surface area contributed by atoms with Gasteiger partial charge in [0.05, 0.1) is 48.5 Å². The summed E-state index contributed by atoms with van der Waals surface area (Å²) >= 11 is 0. The predicted molar refractivity (Wildman–Crippen MR) is 262 cm³/mol. The Hall–Kier alpha value is -7.43. The molecule has 0 radical (unpaired) electrons. The second-order valence-electron chi connectivity index (χ2n) is 13.5. The fourth-order valence-corrected chi connectivity index (χ4v) is 5.31. The van der Waals surface area contributed by atoms with E-state index in [0.717, 1.165) is 24.8 Å². The van der Waals surface area contributed by atoms with E-state index in [1.807, 2.05) is 19.1 Å². The van der Waals surface area contributed by atoms with Gasteiger partial charge in [0.25, 0.3) is 0 Å². The highest BCUT2D eigenvalue weighted by atomic mass is 19.1. The van der Waals surface area contributed by atoms with Crippen LogP contribution in [0.1, 0.15) is 71.3 Å². The molecular weight excluding hydrogens is 918 g/mol. The molecule has 1 aliphatic rings. The van der Waals surface area contributed by atoms with Gasteiger partial charge < -0.3 is 59.0 Å². The summed E-state index contributed by atoms with van der Waals surface area (Å²) in [6, 6.07) is 19.5. The average Bonchev–Trinajstić information content (AvgIpc) is 3.92. The van der Waals surface area contributed by atoms with Crippen LogP contribution in [0.25, 0.3) is 22.4 Å². The maximum atomic E-state index is 12.3. The summed E-state index contributed by atoms with van der Waals surface area (Å²) in [4.78, 5) is 59.3. The summed E-state index contributed by atoms with van der Waals surface area (Å²) < 4.78 is 47.5. The molecular formula is C49H66FN5O15. The number of methoxy groups -OCH3 is 3. The van der Waals surface area contributed by atoms with E-state index in [9.17, 15) is 23.6 Å². The minimum Gasteiger partial charge on any atom is -0.478 e. The van der Waals surface area contributed by atoms with E-state index in [0.29, 0.717) is 60.0 Å². The molecule has 20 nitrogen and oxygen atoms in total. The van der Waals surface area contributed by atoms with Crippen LogP contribution in [0.5, 0.6) is 11.8 Å². The number of nitrogen functional groups attached to an aromatic ring is 1. The number of ether oxygens (including phenoxy) is 6. The largest absolute Gasteiger partial charge is 0.478 e. The highest BCUT2D eigenvalue weighted by Gasteiger charge is 2.16. The monoisotopic (exact) mass is 984 g/mol. The summed E-state index contributed by atoms with van der Waals surface area (Å²) in [5.74, 6) is -3.61. The highest BCUT2D eigenvalue weighted by molar-refractivity contribution is 5.95. The summed E-state index contributed by atoms with van der Waals surface area (Å²) in [5, 5.41) is 34.2. The summed E-state index contributed by atoms with van der Waals surface area (Å²) in [6.45, 7) is 7.60. The number of hydrogen-bond acceptors (Lipinski definition) is 17. The number of carbonyl (C=O) groups is 3. The molecule has 1 aliphatic heterocycles. The molecule has 0 saturated carbocycles. The van der Waals surface area contributed by atoms with Crippen molar-refractivity contribution in [1.29, 1.82) is 0 Å². The molecule has 1 fully saturated rings. The molecule has 384 valence electrons. The van der Waals surface area contributed by atoms with Crippen molar-refractivity contribution in [3.63, 3.8) is 0 Å². The Labute approximate surface area is 407 Å². The first-order chi connectivity index (χ1) is 32.7. The number of carboxylic acid groups (broad SMARTS) is 3. The molecule has 0 unspecified atom stereocenters. The predicted octanol–water partition coefficient (Wildman–Crippen LogP) is 7.52. The number of nitrogens with two attached hydrogens (primary N) is 1. The number of anilines is 1. The second-order valence-corrected chi connectivity index (χ2v) is 13.5. The zero-order valence-electron chi connectivity index (χ0n) is 38.3. The first-order valence-corrected chi connectivity index (χ1v) is 20.6. The van der Waals surface area contributed by atoms with Gasteiger partial charge in [-0.3, -0.25) is 0 Å². The van der Waals surface area contributed by atoms with E-state index in [4.69, 9.17) is 54.3 Å². The third kappa shape index (κ3) is 22.1. The normalized spacial score (nSPS) is 10.7. The molecule has 70 heavy (non-hydrogen) atoms. The van der Waals surface area contributed by atoms with E-state index >= 15 is 0 Å². The zero-order chi connectivity index (χ0) is 50.3. The Bertz CT molecular complexity index is 2500. The Morgan fingerprint density at radius 3 is 1.69 bits per heavy atom. The SMILES string of the molecule is C.C.C1CCOC1.COCCO.COCCOc1ncccc1-c1nc2cccc(C)c2c(=O)o1.COCCOc1ncccc1C(=O)O.Cc1cccc(N)c1C(=O)O.O=C(O)c1cccnc1F.[2HH]. The average molecular weight is 985 g/mol. The van der Waals surface area contributed by atoms with E-state index in [2.05, 4.69) is 24.7 Å². The van der Waals surface area contributed by atoms with Crippen LogP contribution in [-0.4, -0.2) is 132 Å². The fraction of sp³-hybridized carbons (Fsp3) is 0.347. The van der Waals surface area contributed by atoms with Crippen molar-refractivity contribution >= 4 is 34.5 Å². The van der Waals surface area contributed by atoms with Gasteiger partial charge in [-0.25, -0.2) is 39.1 Å². The van der Waals surface area contributed by atoms with Crippen molar-refractivity contribution < 1.29 is 73.5 Å². The van der Waals surface area contributed by atoms with Crippen molar-refractivity contribution in [3.8, 4) is 23.2 Å². The van der Waals surface area contributed by atoms with Crippen LogP contribution in [0.4, 0.5) is 10.1 Å². The van der Waals surface area contributed by atoms with Crippen molar-refractivity contribution in [2.24, 2.45) is 0 Å². The number of nitrogens with zero attached hydrogens (tertiary/aromatic N) is 4. The molecule has 7 rings (SSSR count). The number of aromatic carboxylic acids is 3. The lowest BCUT2D eigenvalue weighted by Crippen LogP contribution is -2.09. The van der Waals surface area contributed by atoms with E-state index in [-0.39, 0.29) is 52.4 Å². The fourth-order valence-electron chi connectivity index (χ4n) is 5.31. The maximum absolute atomic E-state index is 12.3. The minimum absolute atomic E-state index is 0. The van der Waals surface area contributed by atoms with Crippen molar-refractivity contribution in [3.05, 3.63) is 136 Å². The second kappa shape index (κ2) is 35.7. The molecule has 21 heteroatoms. The molecule has 2 aromatic carbocycles. The molecule has 0 amide bonds. The van der Waals surface area contributed by atoms with Gasteiger partial charge in [0.1, 0.15) is 24.3 Å². The molecule has 0 atom stereocenters. The van der Waals surface area contributed by atoms with E-state index in [1.165, 1.54) is 37.4 Å². The lowest BCUT2D eigenvalue weighted by atomic mass is 10.1. The van der Waals surface area contributed by atoms with Crippen LogP contribution in [0, 0.1) is 19.8 Å². The standard InChI is InChI=1S/C17H16N2O4.C9H11NO4.C8H9NO2.C6H4FNO2.C4H8O.C3H8O2.2CH4.H2/c1-11-5-3-7-13-14(11)17(20)23-16(19-13)12-6-4-8-18-15(12)22-10-9-21-2;1-13-5-6-14-8-7(9(11)12)3-2-4-10-8;1-5-3-2-4-6(9)7(5)8(10)11;7-5-4(6(9)10)2-1-3-8-5;1-2-4-5-3-1;1-5-3-2-4;;;/h3-8H,9-10H2,1-2H3;2-4H,5-6H2,1H3,(H,11,12);2-4H,9H2,1H3,(H,10,11);1-3H,(H,9,10);1-4H2;4H,2-3H2,1H3;2*1H4;1H/i;;;;;;;;1+1.